The second kappa shape index (κ2) is 7.71. The summed E-state index contributed by atoms with van der Waals surface area (Å²) in [5.74, 6) is -0.0630. The largest absolute Gasteiger partial charge is 0.371 e. The summed E-state index contributed by atoms with van der Waals surface area (Å²) >= 11 is 7.74. The standard InChI is InChI=1S/C21H20ClN3OS/c1-2-25-10-9-14-7-8-15(11-19(14)25)23-20(26)12-16-13-27-21(24-16)17-5-3-4-6-18(17)22/h3-8,11,13H,2,9-10,12H2,1H3,(H,23,26). The summed E-state index contributed by atoms with van der Waals surface area (Å²) in [6, 6.07) is 13.8. The first-order chi connectivity index (χ1) is 13.1. The molecule has 0 bridgehead atoms. The van der Waals surface area contributed by atoms with Gasteiger partial charge in [-0.25, -0.2) is 4.98 Å². The van der Waals surface area contributed by atoms with E-state index in [2.05, 4.69) is 34.3 Å². The van der Waals surface area contributed by atoms with Gasteiger partial charge in [0.2, 0.25) is 5.91 Å². The number of nitrogens with zero attached hydrogens (tertiary/aromatic N) is 2. The highest BCUT2D eigenvalue weighted by Gasteiger charge is 2.18. The lowest BCUT2D eigenvalue weighted by Gasteiger charge is -2.17. The number of aromatic nitrogens is 1. The van der Waals surface area contributed by atoms with Crippen molar-refractivity contribution in [1.82, 2.24) is 4.98 Å². The van der Waals surface area contributed by atoms with Crippen LogP contribution < -0.4 is 10.2 Å². The Morgan fingerprint density at radius 3 is 2.96 bits per heavy atom. The average molecular weight is 398 g/mol. The summed E-state index contributed by atoms with van der Waals surface area (Å²) in [4.78, 5) is 19.4. The van der Waals surface area contributed by atoms with Crippen molar-refractivity contribution >= 4 is 40.2 Å². The summed E-state index contributed by atoms with van der Waals surface area (Å²) in [5, 5.41) is 6.42. The molecule has 1 aliphatic heterocycles. The quantitative estimate of drug-likeness (QED) is 0.656. The van der Waals surface area contributed by atoms with Crippen LogP contribution in [0.15, 0.2) is 47.8 Å². The van der Waals surface area contributed by atoms with Crippen molar-refractivity contribution in [3.63, 3.8) is 0 Å². The Hall–Kier alpha value is -2.37. The molecule has 27 heavy (non-hydrogen) atoms. The minimum atomic E-state index is -0.0630. The summed E-state index contributed by atoms with van der Waals surface area (Å²) < 4.78 is 0. The lowest BCUT2D eigenvalue weighted by molar-refractivity contribution is -0.115. The first-order valence-electron chi connectivity index (χ1n) is 9.01. The van der Waals surface area contributed by atoms with Gasteiger partial charge in [-0.15, -0.1) is 11.3 Å². The number of anilines is 2. The summed E-state index contributed by atoms with van der Waals surface area (Å²) in [6.45, 7) is 4.18. The predicted molar refractivity (Wildman–Crippen MR) is 113 cm³/mol. The van der Waals surface area contributed by atoms with Crippen LogP contribution in [0.25, 0.3) is 10.6 Å². The Morgan fingerprint density at radius 1 is 1.30 bits per heavy atom. The van der Waals surface area contributed by atoms with Crippen LogP contribution in [-0.2, 0) is 17.6 Å². The van der Waals surface area contributed by atoms with Gasteiger partial charge in [0.05, 0.1) is 17.1 Å². The molecule has 138 valence electrons. The van der Waals surface area contributed by atoms with Crippen LogP contribution in [0.4, 0.5) is 11.4 Å². The fourth-order valence-corrected chi connectivity index (χ4v) is 4.51. The van der Waals surface area contributed by atoms with Crippen LogP contribution in [0, 0.1) is 0 Å². The molecule has 3 aromatic rings. The molecule has 0 atom stereocenters. The van der Waals surface area contributed by atoms with Crippen molar-refractivity contribution in [2.45, 2.75) is 19.8 Å². The van der Waals surface area contributed by atoms with E-state index in [1.165, 1.54) is 22.6 Å². The lowest BCUT2D eigenvalue weighted by atomic mass is 10.1. The molecular weight excluding hydrogens is 378 g/mol. The Morgan fingerprint density at radius 2 is 2.15 bits per heavy atom. The second-order valence-corrected chi connectivity index (χ2v) is 7.79. The van der Waals surface area contributed by atoms with Crippen LogP contribution in [0.2, 0.25) is 5.02 Å². The number of nitrogens with one attached hydrogen (secondary N) is 1. The van der Waals surface area contributed by atoms with Crippen molar-refractivity contribution < 1.29 is 4.79 Å². The van der Waals surface area contributed by atoms with Crippen molar-refractivity contribution in [1.29, 1.82) is 0 Å². The molecule has 4 rings (SSSR count). The molecule has 1 N–H and O–H groups in total. The van der Waals surface area contributed by atoms with Crippen molar-refractivity contribution in [2.24, 2.45) is 0 Å². The van der Waals surface area contributed by atoms with Gasteiger partial charge in [-0.1, -0.05) is 35.9 Å². The molecule has 0 aliphatic carbocycles. The fourth-order valence-electron chi connectivity index (χ4n) is 3.37. The minimum Gasteiger partial charge on any atom is -0.371 e. The van der Waals surface area contributed by atoms with Gasteiger partial charge in [0, 0.05) is 35.4 Å². The smallest absolute Gasteiger partial charge is 0.230 e. The Balaban J connectivity index is 1.44. The molecule has 2 aromatic carbocycles. The van der Waals surface area contributed by atoms with Gasteiger partial charge in [0.15, 0.2) is 0 Å². The van der Waals surface area contributed by atoms with Crippen LogP contribution in [0.5, 0.6) is 0 Å². The van der Waals surface area contributed by atoms with Gasteiger partial charge in [-0.05, 0) is 37.1 Å². The maximum atomic E-state index is 12.5. The van der Waals surface area contributed by atoms with Crippen LogP contribution >= 0.6 is 22.9 Å². The van der Waals surface area contributed by atoms with E-state index in [0.717, 1.165) is 41.5 Å². The summed E-state index contributed by atoms with van der Waals surface area (Å²) in [5.41, 5.74) is 5.06. The highest BCUT2D eigenvalue weighted by molar-refractivity contribution is 7.13. The minimum absolute atomic E-state index is 0.0630. The van der Waals surface area contributed by atoms with Crippen LogP contribution in [0.3, 0.4) is 0 Å². The molecule has 1 amide bonds. The van der Waals surface area contributed by atoms with Crippen molar-refractivity contribution in [2.75, 3.05) is 23.3 Å². The summed E-state index contributed by atoms with van der Waals surface area (Å²) in [7, 11) is 0. The van der Waals surface area contributed by atoms with Gasteiger partial charge in [0.25, 0.3) is 0 Å². The third kappa shape index (κ3) is 3.84. The fraction of sp³-hybridized carbons (Fsp3) is 0.238. The maximum absolute atomic E-state index is 12.5. The van der Waals surface area contributed by atoms with Gasteiger partial charge >= 0.3 is 0 Å². The Kier molecular flexibility index (Phi) is 5.14. The molecule has 0 spiro atoms. The zero-order valence-corrected chi connectivity index (χ0v) is 16.6. The normalized spacial score (nSPS) is 12.9. The summed E-state index contributed by atoms with van der Waals surface area (Å²) in [6.07, 6.45) is 1.32. The monoisotopic (exact) mass is 397 g/mol. The number of benzene rings is 2. The number of likely N-dealkylation sites (N-methyl/N-ethyl adjacent to an activating group) is 1. The highest BCUT2D eigenvalue weighted by Crippen LogP contribution is 2.31. The number of hydrogen-bond acceptors (Lipinski definition) is 4. The number of carbonyl (C=O) groups is 1. The molecule has 0 fully saturated rings. The molecule has 0 radical (unpaired) electrons. The van der Waals surface area contributed by atoms with Crippen LogP contribution in [0.1, 0.15) is 18.2 Å². The van der Waals surface area contributed by atoms with Gasteiger partial charge < -0.3 is 10.2 Å². The van der Waals surface area contributed by atoms with Crippen molar-refractivity contribution in [3.05, 3.63) is 64.1 Å². The third-order valence-electron chi connectivity index (χ3n) is 4.74. The Bertz CT molecular complexity index is 985. The maximum Gasteiger partial charge on any atom is 0.230 e. The van der Waals surface area contributed by atoms with E-state index in [1.54, 1.807) is 0 Å². The molecule has 2 heterocycles. The van der Waals surface area contributed by atoms with E-state index in [1.807, 2.05) is 35.7 Å². The highest BCUT2D eigenvalue weighted by atomic mass is 35.5. The predicted octanol–water partition coefficient (Wildman–Crippen LogP) is 5.03. The van der Waals surface area contributed by atoms with E-state index in [-0.39, 0.29) is 12.3 Å². The zero-order chi connectivity index (χ0) is 18.8. The molecular formula is C21H20ClN3OS. The SMILES string of the molecule is CCN1CCc2ccc(NC(=O)Cc3csc(-c4ccccc4Cl)n3)cc21. The zero-order valence-electron chi connectivity index (χ0n) is 15.0. The van der Waals surface area contributed by atoms with E-state index in [9.17, 15) is 4.79 Å². The number of rotatable bonds is 5. The van der Waals surface area contributed by atoms with E-state index < -0.39 is 0 Å². The number of halogens is 1. The first kappa shape index (κ1) is 18.0. The van der Waals surface area contributed by atoms with E-state index >= 15 is 0 Å². The molecule has 4 nitrogen and oxygen atoms in total. The molecule has 6 heteroatoms. The number of amides is 1. The van der Waals surface area contributed by atoms with Gasteiger partial charge in [-0.2, -0.15) is 0 Å². The van der Waals surface area contributed by atoms with Gasteiger partial charge in [0.1, 0.15) is 5.01 Å². The second-order valence-electron chi connectivity index (χ2n) is 6.52. The average Bonchev–Trinajstić information content (AvgIpc) is 3.28. The van der Waals surface area contributed by atoms with Crippen molar-refractivity contribution in [3.8, 4) is 10.6 Å². The van der Waals surface area contributed by atoms with E-state index in [4.69, 9.17) is 11.6 Å². The van der Waals surface area contributed by atoms with Crippen LogP contribution in [-0.4, -0.2) is 24.0 Å². The molecule has 0 unspecified atom stereocenters. The molecule has 0 saturated carbocycles. The molecule has 1 aromatic heterocycles. The first-order valence-corrected chi connectivity index (χ1v) is 10.3. The number of carbonyl (C=O) groups excluding carboxylic acids is 1. The van der Waals surface area contributed by atoms with Gasteiger partial charge in [-0.3, -0.25) is 4.79 Å². The molecule has 0 saturated heterocycles. The lowest BCUT2D eigenvalue weighted by Crippen LogP contribution is -2.19. The number of hydrogen-bond donors (Lipinski definition) is 1. The Labute approximate surface area is 167 Å². The van der Waals surface area contributed by atoms with E-state index in [0.29, 0.717) is 5.02 Å². The topological polar surface area (TPSA) is 45.2 Å². The molecule has 1 aliphatic rings. The number of fused-ring (bicyclic) bond motifs is 1. The number of thiazole rings is 1. The third-order valence-corrected chi connectivity index (χ3v) is 5.99.